The van der Waals surface area contributed by atoms with Crippen LogP contribution in [-0.4, -0.2) is 54.7 Å². The van der Waals surface area contributed by atoms with E-state index in [0.717, 1.165) is 29.3 Å². The first-order valence-corrected chi connectivity index (χ1v) is 14.2. The number of anilines is 2. The molecule has 43 heavy (non-hydrogen) atoms. The fraction of sp³-hybridized carbons (Fsp3) is 0.0800. The van der Waals surface area contributed by atoms with Crippen LogP contribution in [0, 0.1) is 0 Å². The molecule has 1 heterocycles. The molecule has 4 rings (SSSR count). The molecule has 1 unspecified atom stereocenters. The number of hydrogen-bond donors (Lipinski definition) is 2. The minimum atomic E-state index is -5.12. The molecule has 0 radical (unpaired) electrons. The number of aromatic carboxylic acids is 1. The normalized spacial score (nSPS) is 15.3. The number of carboxylic acids is 1. The van der Waals surface area contributed by atoms with Gasteiger partial charge in [-0.05, 0) is 54.4 Å². The minimum absolute atomic E-state index is 0. The Morgan fingerprint density at radius 3 is 2.09 bits per heavy atom. The maximum atomic E-state index is 13.1. The molecule has 14 nitrogen and oxygen atoms in total. The number of benzene rings is 3. The second-order valence-electron chi connectivity index (χ2n) is 8.59. The molecule has 1 aliphatic heterocycles. The van der Waals surface area contributed by atoms with Crippen LogP contribution in [0.15, 0.2) is 85.8 Å². The van der Waals surface area contributed by atoms with E-state index in [1.54, 1.807) is 6.07 Å². The molecule has 0 aromatic heterocycles. The van der Waals surface area contributed by atoms with Crippen LogP contribution in [0.5, 0.6) is 0 Å². The third-order valence-corrected chi connectivity index (χ3v) is 7.56. The van der Waals surface area contributed by atoms with Gasteiger partial charge in [-0.25, -0.2) is 21.6 Å². The van der Waals surface area contributed by atoms with Crippen LogP contribution in [-0.2, 0) is 25.0 Å². The number of amides is 1. The van der Waals surface area contributed by atoms with Gasteiger partial charge in [-0.1, -0.05) is 36.4 Å². The smallest absolute Gasteiger partial charge is 0.744 e. The van der Waals surface area contributed by atoms with Gasteiger partial charge in [0.25, 0.3) is 5.91 Å². The van der Waals surface area contributed by atoms with E-state index in [4.69, 9.17) is 5.73 Å². The van der Waals surface area contributed by atoms with Crippen LogP contribution in [0.3, 0.4) is 0 Å². The zero-order chi connectivity index (χ0) is 30.1. The molecule has 3 N–H and O–H groups in total. The van der Waals surface area contributed by atoms with E-state index in [1.807, 2.05) is 0 Å². The molecule has 0 aliphatic carbocycles. The Bertz CT molecular complexity index is 1900. The number of nitrogens with two attached hydrogens (primary N) is 1. The van der Waals surface area contributed by atoms with E-state index in [2.05, 4.69) is 15.3 Å². The molecule has 0 saturated heterocycles. The van der Waals surface area contributed by atoms with Crippen molar-refractivity contribution >= 4 is 67.0 Å². The second-order valence-corrected chi connectivity index (χ2v) is 11.3. The summed E-state index contributed by atoms with van der Waals surface area (Å²) in [6.07, 6.45) is 2.24. The van der Waals surface area contributed by atoms with Crippen molar-refractivity contribution in [3.05, 3.63) is 77.4 Å². The molecule has 1 amide bonds. The van der Waals surface area contributed by atoms with Gasteiger partial charge in [0.2, 0.25) is 0 Å². The summed E-state index contributed by atoms with van der Waals surface area (Å²) in [4.78, 5) is 23.1. The third kappa shape index (κ3) is 8.45. The quantitative estimate of drug-likeness (QED) is 0.0821. The van der Waals surface area contributed by atoms with Gasteiger partial charge in [-0.3, -0.25) is 4.79 Å². The molecule has 0 fully saturated rings. The summed E-state index contributed by atoms with van der Waals surface area (Å²) in [5, 5.41) is 22.0. The van der Waals surface area contributed by atoms with E-state index >= 15 is 0 Å². The summed E-state index contributed by atoms with van der Waals surface area (Å²) in [6.45, 7) is 1.46. The van der Waals surface area contributed by atoms with Crippen LogP contribution >= 0.6 is 0 Å². The van der Waals surface area contributed by atoms with Crippen molar-refractivity contribution in [2.45, 2.75) is 22.8 Å². The van der Waals surface area contributed by atoms with Gasteiger partial charge in [-0.15, -0.1) is 0 Å². The predicted octanol–water partition coefficient (Wildman–Crippen LogP) is -3.17. The number of carbonyl (C=O) groups excluding carboxylic acids is 1. The molecule has 0 spiro atoms. The standard InChI is InChI=1S/C25H21N5O9S2.2Na/c1-14-23(28-27-20-5-3-2-4-19(20)25(32)33)24(31)30(29-14)18-11-9-16(22(13-18)41(37,38)39)7-6-15-8-10-17(26)12-21(15)40(34,35)36;;/h2-13,23H,26H2,1H3,(H,32,33)(H,34,35,36)(H,37,38,39);;/q;2*+1/p-2. The Balaban J connectivity index is 0.00000323. The Morgan fingerprint density at radius 2 is 1.51 bits per heavy atom. The molecule has 0 bridgehead atoms. The van der Waals surface area contributed by atoms with Crippen LogP contribution in [0.25, 0.3) is 12.2 Å². The predicted molar refractivity (Wildman–Crippen MR) is 144 cm³/mol. The summed E-state index contributed by atoms with van der Waals surface area (Å²) >= 11 is 0. The van der Waals surface area contributed by atoms with Crippen molar-refractivity contribution in [1.29, 1.82) is 0 Å². The van der Waals surface area contributed by atoms with Crippen LogP contribution in [0.1, 0.15) is 28.4 Å². The zero-order valence-corrected chi connectivity index (χ0v) is 28.5. The van der Waals surface area contributed by atoms with E-state index in [0.29, 0.717) is 0 Å². The largest absolute Gasteiger partial charge is 1.00 e. The third-order valence-electron chi connectivity index (χ3n) is 5.77. The van der Waals surface area contributed by atoms with E-state index in [-0.39, 0.29) is 98.6 Å². The molecule has 1 aliphatic rings. The second kappa shape index (κ2) is 14.3. The number of azo groups is 1. The number of carbonyl (C=O) groups is 2. The van der Waals surface area contributed by atoms with Crippen LogP contribution in [0.2, 0.25) is 0 Å². The van der Waals surface area contributed by atoms with Crippen molar-refractivity contribution in [3.63, 3.8) is 0 Å². The summed E-state index contributed by atoms with van der Waals surface area (Å²) in [5.74, 6) is -1.99. The van der Waals surface area contributed by atoms with Crippen LogP contribution < -0.4 is 69.9 Å². The fourth-order valence-electron chi connectivity index (χ4n) is 3.83. The van der Waals surface area contributed by atoms with Gasteiger partial charge < -0.3 is 19.9 Å². The molecular formula is C25H19N5Na2O9S2. The summed E-state index contributed by atoms with van der Waals surface area (Å²) < 4.78 is 71.1. The summed E-state index contributed by atoms with van der Waals surface area (Å²) in [6, 6.07) is 11.4. The number of nitrogen functional groups attached to an aromatic ring is 1. The Kier molecular flexibility index (Phi) is 12.1. The summed E-state index contributed by atoms with van der Waals surface area (Å²) in [5.41, 5.74) is 5.24. The number of hydrogen-bond acceptors (Lipinski definition) is 12. The van der Waals surface area contributed by atoms with E-state index in [1.165, 1.54) is 49.4 Å². The van der Waals surface area contributed by atoms with E-state index < -0.39 is 47.9 Å². The number of carboxylic acid groups (broad SMARTS) is 1. The average Bonchev–Trinajstić information content (AvgIpc) is 3.18. The number of nitrogens with zero attached hydrogens (tertiary/aromatic N) is 4. The maximum absolute atomic E-state index is 13.1. The Morgan fingerprint density at radius 1 is 0.953 bits per heavy atom. The molecule has 212 valence electrons. The van der Waals surface area contributed by atoms with Gasteiger partial charge in [0.05, 0.1) is 32.4 Å². The first kappa shape index (κ1) is 36.4. The van der Waals surface area contributed by atoms with Gasteiger partial charge in [0.15, 0.2) is 6.04 Å². The van der Waals surface area contributed by atoms with Gasteiger partial charge in [0.1, 0.15) is 20.2 Å². The average molecular weight is 644 g/mol. The SMILES string of the molecule is CC1=NN(c2ccc(C=Cc3ccc(N)cc3S(=O)(=O)[O-])c(S(=O)(=O)[O-])c2)C(=O)C1N=Nc1ccccc1C(=O)O.[Na+].[Na+]. The number of rotatable bonds is 8. The Labute approximate surface area is 290 Å². The molecular weight excluding hydrogens is 624 g/mol. The molecule has 18 heteroatoms. The van der Waals surface area contributed by atoms with Crippen molar-refractivity contribution in [2.24, 2.45) is 15.3 Å². The van der Waals surface area contributed by atoms with Crippen molar-refractivity contribution in [3.8, 4) is 0 Å². The van der Waals surface area contributed by atoms with Crippen LogP contribution in [0.4, 0.5) is 17.1 Å². The maximum Gasteiger partial charge on any atom is 1.00 e. The van der Waals surface area contributed by atoms with E-state index in [9.17, 15) is 40.6 Å². The first-order valence-electron chi connectivity index (χ1n) is 11.4. The van der Waals surface area contributed by atoms with Gasteiger partial charge >= 0.3 is 65.1 Å². The Hall–Kier alpha value is -2.77. The van der Waals surface area contributed by atoms with Crippen molar-refractivity contribution in [2.75, 3.05) is 10.7 Å². The van der Waals surface area contributed by atoms with Crippen molar-refractivity contribution in [1.82, 2.24) is 0 Å². The zero-order valence-electron chi connectivity index (χ0n) is 22.9. The van der Waals surface area contributed by atoms with Gasteiger partial charge in [-0.2, -0.15) is 20.3 Å². The molecule has 0 saturated carbocycles. The molecule has 3 aromatic rings. The monoisotopic (exact) mass is 643 g/mol. The number of hydrazone groups is 1. The molecule has 3 aromatic carbocycles. The van der Waals surface area contributed by atoms with Gasteiger partial charge in [0, 0.05) is 5.69 Å². The van der Waals surface area contributed by atoms with Crippen molar-refractivity contribution < 1.29 is 99.8 Å². The first-order chi connectivity index (χ1) is 19.2. The topological polar surface area (TPSA) is 235 Å². The summed E-state index contributed by atoms with van der Waals surface area (Å²) in [7, 11) is -10.1. The fourth-order valence-corrected chi connectivity index (χ4v) is 5.22. The molecule has 1 atom stereocenters. The minimum Gasteiger partial charge on any atom is -0.744 e.